The van der Waals surface area contributed by atoms with E-state index in [0.29, 0.717) is 30.2 Å². The van der Waals surface area contributed by atoms with Crippen molar-refractivity contribution in [2.45, 2.75) is 26.2 Å². The van der Waals surface area contributed by atoms with Crippen molar-refractivity contribution in [3.05, 3.63) is 28.8 Å². The summed E-state index contributed by atoms with van der Waals surface area (Å²) in [6.07, 6.45) is 2.48. The van der Waals surface area contributed by atoms with E-state index in [1.807, 2.05) is 6.92 Å². The summed E-state index contributed by atoms with van der Waals surface area (Å²) in [7, 11) is 0. The van der Waals surface area contributed by atoms with Gasteiger partial charge in [0.15, 0.2) is 0 Å². The van der Waals surface area contributed by atoms with Gasteiger partial charge in [-0.25, -0.2) is 4.79 Å². The largest absolute Gasteiger partial charge is 0.481 e. The Morgan fingerprint density at radius 2 is 2.23 bits per heavy atom. The van der Waals surface area contributed by atoms with E-state index >= 15 is 0 Å². The second-order valence-corrected chi connectivity index (χ2v) is 6.76. The van der Waals surface area contributed by atoms with E-state index in [1.54, 1.807) is 23.1 Å². The maximum atomic E-state index is 12.4. The number of carboxylic acid groups (broad SMARTS) is 1. The topological polar surface area (TPSA) is 69.6 Å². The number of halogens is 1. The highest BCUT2D eigenvalue weighted by Gasteiger charge is 2.55. The lowest BCUT2D eigenvalue weighted by molar-refractivity contribution is -0.149. The van der Waals surface area contributed by atoms with Crippen molar-refractivity contribution < 1.29 is 14.7 Å². The number of carbonyl (C=O) groups is 2. The highest BCUT2D eigenvalue weighted by Crippen LogP contribution is 2.48. The summed E-state index contributed by atoms with van der Waals surface area (Å²) in [5.41, 5.74) is 0.843. The van der Waals surface area contributed by atoms with Crippen LogP contribution in [-0.2, 0) is 4.79 Å². The summed E-state index contributed by atoms with van der Waals surface area (Å²) < 4.78 is 0. The molecule has 1 aromatic rings. The van der Waals surface area contributed by atoms with Crippen LogP contribution in [0.2, 0.25) is 5.02 Å². The molecule has 0 spiro atoms. The summed E-state index contributed by atoms with van der Waals surface area (Å²) >= 11 is 5.91. The molecule has 118 valence electrons. The number of nitrogens with one attached hydrogen (secondary N) is 1. The highest BCUT2D eigenvalue weighted by molar-refractivity contribution is 6.30. The van der Waals surface area contributed by atoms with Crippen LogP contribution in [0.1, 0.15) is 24.8 Å². The van der Waals surface area contributed by atoms with Gasteiger partial charge in [-0.3, -0.25) is 4.79 Å². The molecule has 2 atom stereocenters. The van der Waals surface area contributed by atoms with Crippen LogP contribution in [0.4, 0.5) is 10.5 Å². The van der Waals surface area contributed by atoms with Gasteiger partial charge in [0.05, 0.1) is 5.41 Å². The molecule has 22 heavy (non-hydrogen) atoms. The van der Waals surface area contributed by atoms with E-state index in [4.69, 9.17) is 11.6 Å². The molecule has 0 aromatic heterocycles. The molecule has 1 aliphatic heterocycles. The molecule has 6 heteroatoms. The molecular formula is C16H19ClN2O3. The molecule has 1 saturated carbocycles. The van der Waals surface area contributed by atoms with Crippen LogP contribution in [0.3, 0.4) is 0 Å². The molecule has 2 N–H and O–H groups in total. The summed E-state index contributed by atoms with van der Waals surface area (Å²) in [4.78, 5) is 25.7. The van der Waals surface area contributed by atoms with Gasteiger partial charge in [0.2, 0.25) is 0 Å². The maximum absolute atomic E-state index is 12.4. The zero-order chi connectivity index (χ0) is 15.9. The molecule has 1 saturated heterocycles. The van der Waals surface area contributed by atoms with Crippen LogP contribution < -0.4 is 5.32 Å². The lowest BCUT2D eigenvalue weighted by Gasteiger charge is -2.23. The smallest absolute Gasteiger partial charge is 0.321 e. The van der Waals surface area contributed by atoms with E-state index in [2.05, 4.69) is 5.32 Å². The first kappa shape index (κ1) is 15.2. The van der Waals surface area contributed by atoms with Crippen LogP contribution in [0, 0.1) is 18.3 Å². The van der Waals surface area contributed by atoms with Gasteiger partial charge in [0.25, 0.3) is 0 Å². The predicted octanol–water partition coefficient (Wildman–Crippen LogP) is 3.37. The van der Waals surface area contributed by atoms with Crippen LogP contribution in [-0.4, -0.2) is 35.1 Å². The van der Waals surface area contributed by atoms with Gasteiger partial charge >= 0.3 is 12.0 Å². The molecule has 1 aromatic carbocycles. The summed E-state index contributed by atoms with van der Waals surface area (Å²) in [5, 5.41) is 13.0. The lowest BCUT2D eigenvalue weighted by atomic mass is 9.81. The van der Waals surface area contributed by atoms with E-state index in [9.17, 15) is 14.7 Å². The van der Waals surface area contributed by atoms with Crippen molar-refractivity contribution in [2.75, 3.05) is 18.4 Å². The Balaban J connectivity index is 1.73. The number of hydrogen-bond donors (Lipinski definition) is 2. The van der Waals surface area contributed by atoms with Gasteiger partial charge in [-0.05, 0) is 49.4 Å². The normalized spacial score (nSPS) is 26.8. The van der Waals surface area contributed by atoms with Crippen LogP contribution in [0.15, 0.2) is 18.2 Å². The third-order valence-corrected chi connectivity index (χ3v) is 5.25. The maximum Gasteiger partial charge on any atom is 0.321 e. The van der Waals surface area contributed by atoms with E-state index < -0.39 is 11.4 Å². The Morgan fingerprint density at radius 3 is 2.86 bits per heavy atom. The fraction of sp³-hybridized carbons (Fsp3) is 0.500. The first-order valence-corrected chi connectivity index (χ1v) is 7.86. The summed E-state index contributed by atoms with van der Waals surface area (Å²) in [5.74, 6) is -0.699. The third kappa shape index (κ3) is 2.43. The third-order valence-electron chi connectivity index (χ3n) is 5.01. The van der Waals surface area contributed by atoms with Crippen LogP contribution in [0.5, 0.6) is 0 Å². The van der Waals surface area contributed by atoms with Crippen LogP contribution >= 0.6 is 11.6 Å². The predicted molar refractivity (Wildman–Crippen MR) is 84.2 cm³/mol. The number of nitrogens with zero attached hydrogens (tertiary/aromatic N) is 1. The summed E-state index contributed by atoms with van der Waals surface area (Å²) in [6, 6.07) is 5.04. The van der Waals surface area contributed by atoms with Gasteiger partial charge in [0, 0.05) is 23.8 Å². The Labute approximate surface area is 134 Å². The van der Waals surface area contributed by atoms with Crippen molar-refractivity contribution in [2.24, 2.45) is 11.3 Å². The molecule has 2 fully saturated rings. The number of rotatable bonds is 2. The second kappa shape index (κ2) is 5.47. The summed E-state index contributed by atoms with van der Waals surface area (Å²) in [6.45, 7) is 2.69. The molecule has 1 aliphatic carbocycles. The molecule has 2 aliphatic rings. The number of anilines is 1. The molecule has 2 amide bonds. The number of likely N-dealkylation sites (tertiary alicyclic amines) is 1. The first-order chi connectivity index (χ1) is 10.4. The Kier molecular flexibility index (Phi) is 3.77. The van der Waals surface area contributed by atoms with Gasteiger partial charge in [-0.1, -0.05) is 18.0 Å². The average Bonchev–Trinajstić information content (AvgIpc) is 2.99. The Hall–Kier alpha value is -1.75. The van der Waals surface area contributed by atoms with Crippen molar-refractivity contribution >= 4 is 29.3 Å². The SMILES string of the molecule is Cc1cc(Cl)ccc1NC(=O)N1C[C@@H]2CCC[C@@]2(C(=O)O)C1. The number of carbonyl (C=O) groups excluding carboxylic acids is 1. The van der Waals surface area contributed by atoms with Crippen molar-refractivity contribution in [3.8, 4) is 0 Å². The minimum Gasteiger partial charge on any atom is -0.481 e. The fourth-order valence-corrected chi connectivity index (χ4v) is 3.98. The number of aryl methyl sites for hydroxylation is 1. The molecule has 5 nitrogen and oxygen atoms in total. The van der Waals surface area contributed by atoms with Gasteiger partial charge in [0.1, 0.15) is 0 Å². The average molecular weight is 323 g/mol. The number of hydrogen-bond acceptors (Lipinski definition) is 2. The van der Waals surface area contributed by atoms with E-state index in [0.717, 1.165) is 18.4 Å². The standard InChI is InChI=1S/C16H19ClN2O3/c1-10-7-12(17)4-5-13(10)18-15(22)19-8-11-3-2-6-16(11,9-19)14(20)21/h4-5,7,11H,2-3,6,8-9H2,1H3,(H,18,22)(H,20,21)/t11-,16+/m0/s1. The number of carboxylic acids is 1. The quantitative estimate of drug-likeness (QED) is 0.877. The molecular weight excluding hydrogens is 304 g/mol. The van der Waals surface area contributed by atoms with Crippen molar-refractivity contribution in [1.82, 2.24) is 4.90 Å². The van der Waals surface area contributed by atoms with Gasteiger partial charge < -0.3 is 15.3 Å². The van der Waals surface area contributed by atoms with Gasteiger partial charge in [-0.15, -0.1) is 0 Å². The minimum absolute atomic E-state index is 0.0714. The molecule has 0 radical (unpaired) electrons. The highest BCUT2D eigenvalue weighted by atomic mass is 35.5. The second-order valence-electron chi connectivity index (χ2n) is 6.32. The number of aliphatic carboxylic acids is 1. The Bertz CT molecular complexity index is 634. The number of fused-ring (bicyclic) bond motifs is 1. The van der Waals surface area contributed by atoms with Gasteiger partial charge in [-0.2, -0.15) is 0 Å². The molecule has 0 bridgehead atoms. The zero-order valence-electron chi connectivity index (χ0n) is 12.4. The monoisotopic (exact) mass is 322 g/mol. The first-order valence-electron chi connectivity index (χ1n) is 7.48. The van der Waals surface area contributed by atoms with Crippen LogP contribution in [0.25, 0.3) is 0 Å². The molecule has 1 heterocycles. The minimum atomic E-state index is -0.770. The number of amides is 2. The van der Waals surface area contributed by atoms with Crippen molar-refractivity contribution in [1.29, 1.82) is 0 Å². The zero-order valence-corrected chi connectivity index (χ0v) is 13.2. The number of benzene rings is 1. The van der Waals surface area contributed by atoms with E-state index in [1.165, 1.54) is 0 Å². The Morgan fingerprint density at radius 1 is 1.45 bits per heavy atom. The van der Waals surface area contributed by atoms with Crippen molar-refractivity contribution in [3.63, 3.8) is 0 Å². The fourth-order valence-electron chi connectivity index (χ4n) is 3.76. The number of urea groups is 1. The lowest BCUT2D eigenvalue weighted by Crippen LogP contribution is -2.38. The molecule has 0 unspecified atom stereocenters. The van der Waals surface area contributed by atoms with E-state index in [-0.39, 0.29) is 11.9 Å². The molecule has 3 rings (SSSR count).